The Morgan fingerprint density at radius 1 is 1.42 bits per heavy atom. The van der Waals surface area contributed by atoms with Crippen molar-refractivity contribution >= 4 is 17.4 Å². The second-order valence-corrected chi connectivity index (χ2v) is 4.79. The van der Waals surface area contributed by atoms with Crippen molar-refractivity contribution in [1.82, 2.24) is 4.98 Å². The van der Waals surface area contributed by atoms with Crippen LogP contribution in [0.25, 0.3) is 0 Å². The zero-order valence-electron chi connectivity index (χ0n) is 10.5. The maximum atomic E-state index is 8.93. The molecule has 0 amide bonds. The van der Waals surface area contributed by atoms with E-state index in [2.05, 4.69) is 11.1 Å². The van der Waals surface area contributed by atoms with Crippen LogP contribution in [0.3, 0.4) is 0 Å². The van der Waals surface area contributed by atoms with Gasteiger partial charge in [-0.15, -0.1) is 0 Å². The molecule has 0 aliphatic carbocycles. The number of ether oxygens (including phenoxy) is 1. The number of thioether (sulfide) groups is 1. The number of aromatic nitrogens is 1. The number of benzene rings is 1. The van der Waals surface area contributed by atoms with E-state index in [1.54, 1.807) is 31.5 Å². The van der Waals surface area contributed by atoms with Gasteiger partial charge in [0.2, 0.25) is 0 Å². The van der Waals surface area contributed by atoms with Crippen LogP contribution in [0.15, 0.2) is 41.6 Å². The Hall–Kier alpha value is -2.19. The maximum Gasteiger partial charge on any atom is 0.122 e. The number of nitriles is 1. The molecule has 2 N–H and O–H groups in total. The smallest absolute Gasteiger partial charge is 0.122 e. The van der Waals surface area contributed by atoms with E-state index < -0.39 is 0 Å². The molecule has 0 radical (unpaired) electrons. The molecule has 0 bridgehead atoms. The Labute approximate surface area is 116 Å². The normalized spacial score (nSPS) is 9.89. The number of hydrogen-bond acceptors (Lipinski definition) is 5. The van der Waals surface area contributed by atoms with Crippen LogP contribution in [0, 0.1) is 11.3 Å². The highest BCUT2D eigenvalue weighted by atomic mass is 32.2. The van der Waals surface area contributed by atoms with Crippen LogP contribution in [0.4, 0.5) is 5.69 Å². The predicted molar refractivity (Wildman–Crippen MR) is 75.9 cm³/mol. The van der Waals surface area contributed by atoms with Crippen LogP contribution in [-0.2, 0) is 5.75 Å². The summed E-state index contributed by atoms with van der Waals surface area (Å²) in [6.07, 6.45) is 1.71. The molecule has 0 saturated carbocycles. The number of anilines is 1. The van der Waals surface area contributed by atoms with E-state index in [4.69, 9.17) is 15.7 Å². The van der Waals surface area contributed by atoms with Gasteiger partial charge in [0, 0.05) is 17.5 Å². The summed E-state index contributed by atoms with van der Waals surface area (Å²) in [6.45, 7) is 0. The van der Waals surface area contributed by atoms with E-state index in [9.17, 15) is 0 Å². The van der Waals surface area contributed by atoms with Gasteiger partial charge in [-0.05, 0) is 30.3 Å². The van der Waals surface area contributed by atoms with Gasteiger partial charge in [0.15, 0.2) is 0 Å². The molecule has 2 rings (SSSR count). The predicted octanol–water partition coefficient (Wildman–Crippen LogP) is 2.84. The number of nitrogens with zero attached hydrogens (tertiary/aromatic N) is 2. The number of nitrogens with two attached hydrogens (primary N) is 1. The zero-order chi connectivity index (χ0) is 13.7. The van der Waals surface area contributed by atoms with Crippen molar-refractivity contribution in [3.8, 4) is 11.8 Å². The molecule has 19 heavy (non-hydrogen) atoms. The lowest BCUT2D eigenvalue weighted by Crippen LogP contribution is -1.94. The molecular weight excluding hydrogens is 258 g/mol. The second-order valence-electron chi connectivity index (χ2n) is 3.82. The van der Waals surface area contributed by atoms with E-state index in [1.165, 1.54) is 11.8 Å². The Bertz CT molecular complexity index is 622. The molecule has 1 aromatic carbocycles. The largest absolute Gasteiger partial charge is 0.496 e. The Kier molecular flexibility index (Phi) is 4.26. The van der Waals surface area contributed by atoms with Crippen LogP contribution < -0.4 is 10.5 Å². The van der Waals surface area contributed by atoms with E-state index >= 15 is 0 Å². The monoisotopic (exact) mass is 271 g/mol. The molecule has 0 unspecified atom stereocenters. The molecule has 0 saturated heterocycles. The molecule has 4 nitrogen and oxygen atoms in total. The molecule has 0 fully saturated rings. The number of hydrogen-bond donors (Lipinski definition) is 1. The lowest BCUT2D eigenvalue weighted by atomic mass is 10.1. The van der Waals surface area contributed by atoms with Crippen molar-refractivity contribution in [1.29, 1.82) is 5.26 Å². The Morgan fingerprint density at radius 2 is 2.26 bits per heavy atom. The fraction of sp³-hybridized carbons (Fsp3) is 0.143. The molecule has 1 heterocycles. The zero-order valence-corrected chi connectivity index (χ0v) is 11.3. The lowest BCUT2D eigenvalue weighted by Gasteiger charge is -2.09. The summed E-state index contributed by atoms with van der Waals surface area (Å²) < 4.78 is 5.29. The fourth-order valence-electron chi connectivity index (χ4n) is 1.63. The maximum absolute atomic E-state index is 8.93. The summed E-state index contributed by atoms with van der Waals surface area (Å²) in [5.41, 5.74) is 8.07. The van der Waals surface area contributed by atoms with Crippen molar-refractivity contribution in [3.05, 3.63) is 47.7 Å². The molecule has 96 valence electrons. The van der Waals surface area contributed by atoms with E-state index in [1.807, 2.05) is 12.1 Å². The summed E-state index contributed by atoms with van der Waals surface area (Å²) in [4.78, 5) is 4.22. The fourth-order valence-corrected chi connectivity index (χ4v) is 2.52. The summed E-state index contributed by atoms with van der Waals surface area (Å²) in [5.74, 6) is 1.42. The highest BCUT2D eigenvalue weighted by Gasteiger charge is 2.07. The van der Waals surface area contributed by atoms with Crippen molar-refractivity contribution in [2.45, 2.75) is 10.8 Å². The van der Waals surface area contributed by atoms with Gasteiger partial charge < -0.3 is 10.5 Å². The Balaban J connectivity index is 2.19. The highest BCUT2D eigenvalue weighted by Crippen LogP contribution is 2.30. The van der Waals surface area contributed by atoms with Gasteiger partial charge in [0.1, 0.15) is 10.8 Å². The summed E-state index contributed by atoms with van der Waals surface area (Å²) in [7, 11) is 1.62. The summed E-state index contributed by atoms with van der Waals surface area (Å²) >= 11 is 1.52. The number of methoxy groups -OCH3 is 1. The molecule has 0 spiro atoms. The molecule has 2 aromatic rings. The molecule has 0 atom stereocenters. The Morgan fingerprint density at radius 3 is 2.95 bits per heavy atom. The molecule has 1 aromatic heterocycles. The minimum atomic E-state index is 0.616. The van der Waals surface area contributed by atoms with Crippen molar-refractivity contribution < 1.29 is 4.74 Å². The van der Waals surface area contributed by atoms with Gasteiger partial charge in [-0.25, -0.2) is 4.98 Å². The van der Waals surface area contributed by atoms with Gasteiger partial charge >= 0.3 is 0 Å². The van der Waals surface area contributed by atoms with E-state index in [0.29, 0.717) is 17.0 Å². The first kappa shape index (κ1) is 13.2. The van der Waals surface area contributed by atoms with Crippen molar-refractivity contribution in [3.63, 3.8) is 0 Å². The van der Waals surface area contributed by atoms with Gasteiger partial charge in [-0.1, -0.05) is 11.8 Å². The van der Waals surface area contributed by atoms with Crippen LogP contribution in [0.1, 0.15) is 11.1 Å². The summed E-state index contributed by atoms with van der Waals surface area (Å²) in [5, 5.41) is 9.71. The SMILES string of the molecule is COc1ccc(C#N)cc1CSc1ncccc1N. The van der Waals surface area contributed by atoms with Gasteiger partial charge in [-0.2, -0.15) is 5.26 Å². The first-order valence-electron chi connectivity index (χ1n) is 5.65. The minimum Gasteiger partial charge on any atom is -0.496 e. The van der Waals surface area contributed by atoms with Crippen LogP contribution in [0.2, 0.25) is 0 Å². The third kappa shape index (κ3) is 3.18. The minimum absolute atomic E-state index is 0.616. The lowest BCUT2D eigenvalue weighted by molar-refractivity contribution is 0.411. The van der Waals surface area contributed by atoms with Crippen LogP contribution in [-0.4, -0.2) is 12.1 Å². The first-order valence-corrected chi connectivity index (χ1v) is 6.63. The quantitative estimate of drug-likeness (QED) is 0.866. The van der Waals surface area contributed by atoms with Gasteiger partial charge in [-0.3, -0.25) is 0 Å². The van der Waals surface area contributed by atoms with E-state index in [-0.39, 0.29) is 0 Å². The third-order valence-corrected chi connectivity index (χ3v) is 3.64. The van der Waals surface area contributed by atoms with Gasteiger partial charge in [0.05, 0.1) is 24.4 Å². The van der Waals surface area contributed by atoms with E-state index in [0.717, 1.165) is 16.3 Å². The van der Waals surface area contributed by atoms with Crippen LogP contribution in [0.5, 0.6) is 5.75 Å². The van der Waals surface area contributed by atoms with Crippen LogP contribution >= 0.6 is 11.8 Å². The molecule has 0 aliphatic rings. The van der Waals surface area contributed by atoms with Gasteiger partial charge in [0.25, 0.3) is 0 Å². The first-order chi connectivity index (χ1) is 9.24. The molecule has 0 aliphatic heterocycles. The third-order valence-electron chi connectivity index (χ3n) is 2.57. The highest BCUT2D eigenvalue weighted by molar-refractivity contribution is 7.98. The second kappa shape index (κ2) is 6.12. The average Bonchev–Trinajstić information content (AvgIpc) is 2.46. The number of rotatable bonds is 4. The number of pyridine rings is 1. The average molecular weight is 271 g/mol. The molecule has 5 heteroatoms. The standard InChI is InChI=1S/C14H13N3OS/c1-18-13-5-4-10(8-15)7-11(13)9-19-14-12(16)3-2-6-17-14/h2-7H,9,16H2,1H3. The topological polar surface area (TPSA) is 71.9 Å². The number of nitrogen functional groups attached to an aromatic ring is 1. The summed E-state index contributed by atoms with van der Waals surface area (Å²) in [6, 6.07) is 11.1. The van der Waals surface area contributed by atoms with Crippen molar-refractivity contribution in [2.75, 3.05) is 12.8 Å². The molecular formula is C14H13N3OS. The van der Waals surface area contributed by atoms with Crippen molar-refractivity contribution in [2.24, 2.45) is 0 Å².